The third-order valence-electron chi connectivity index (χ3n) is 4.51. The summed E-state index contributed by atoms with van der Waals surface area (Å²) in [5.41, 5.74) is 0.851. The predicted octanol–water partition coefficient (Wildman–Crippen LogP) is 0.667. The van der Waals surface area contributed by atoms with E-state index in [0.29, 0.717) is 26.1 Å². The van der Waals surface area contributed by atoms with Crippen LogP contribution >= 0.6 is 0 Å². The maximum atomic E-state index is 13.3. The van der Waals surface area contributed by atoms with Crippen LogP contribution in [0.5, 0.6) is 0 Å². The van der Waals surface area contributed by atoms with Crippen molar-refractivity contribution in [3.05, 3.63) is 35.6 Å². The van der Waals surface area contributed by atoms with Gasteiger partial charge in [-0.3, -0.25) is 4.79 Å². The van der Waals surface area contributed by atoms with E-state index in [1.807, 2.05) is 6.07 Å². The average molecular weight is 341 g/mol. The van der Waals surface area contributed by atoms with Crippen molar-refractivity contribution in [1.29, 1.82) is 0 Å². The van der Waals surface area contributed by atoms with Crippen molar-refractivity contribution in [2.45, 2.75) is 18.8 Å². The average Bonchev–Trinajstić information content (AvgIpc) is 3.29. The first kappa shape index (κ1) is 16.4. The zero-order valence-electron chi connectivity index (χ0n) is 12.7. The molecular weight excluding hydrogens is 321 g/mol. The Hall–Kier alpha value is -1.51. The Morgan fingerprint density at radius 1 is 1.22 bits per heavy atom. The highest BCUT2D eigenvalue weighted by atomic mass is 32.2. The number of halogens is 1. The molecule has 2 atom stereocenters. The molecule has 0 aromatic heterocycles. The first-order valence-corrected chi connectivity index (χ1v) is 9.19. The fourth-order valence-corrected chi connectivity index (χ4v) is 3.90. The molecule has 2 N–H and O–H groups in total. The zero-order chi connectivity index (χ0) is 16.6. The van der Waals surface area contributed by atoms with Crippen LogP contribution in [0, 0.1) is 11.7 Å². The second-order valence-electron chi connectivity index (χ2n) is 6.13. The molecule has 0 spiro atoms. The lowest BCUT2D eigenvalue weighted by atomic mass is 10.1. The third kappa shape index (κ3) is 3.70. The van der Waals surface area contributed by atoms with Gasteiger partial charge in [-0.1, -0.05) is 12.1 Å². The van der Waals surface area contributed by atoms with E-state index in [4.69, 9.17) is 5.14 Å². The van der Waals surface area contributed by atoms with Gasteiger partial charge in [0.25, 0.3) is 10.2 Å². The van der Waals surface area contributed by atoms with Crippen LogP contribution in [0.2, 0.25) is 0 Å². The van der Waals surface area contributed by atoms with Gasteiger partial charge in [-0.05, 0) is 36.5 Å². The minimum atomic E-state index is -3.71. The van der Waals surface area contributed by atoms with Crippen molar-refractivity contribution in [3.8, 4) is 0 Å². The van der Waals surface area contributed by atoms with E-state index in [9.17, 15) is 17.6 Å². The largest absolute Gasteiger partial charge is 0.341 e. The molecule has 8 heteroatoms. The first-order valence-electron chi connectivity index (χ1n) is 7.68. The molecule has 1 aromatic carbocycles. The molecule has 6 nitrogen and oxygen atoms in total. The van der Waals surface area contributed by atoms with Crippen LogP contribution in [0.15, 0.2) is 24.3 Å². The smallest absolute Gasteiger partial charge is 0.276 e. The van der Waals surface area contributed by atoms with Crippen molar-refractivity contribution in [1.82, 2.24) is 9.21 Å². The molecule has 1 amide bonds. The number of carbonyl (C=O) groups excluding carboxylic acids is 1. The van der Waals surface area contributed by atoms with E-state index in [-0.39, 0.29) is 30.1 Å². The second-order valence-corrected chi connectivity index (χ2v) is 7.67. The number of nitrogens with two attached hydrogens (primary N) is 1. The van der Waals surface area contributed by atoms with Crippen LogP contribution in [0.3, 0.4) is 0 Å². The molecule has 1 saturated heterocycles. The van der Waals surface area contributed by atoms with E-state index in [0.717, 1.165) is 12.0 Å². The fourth-order valence-electron chi connectivity index (χ4n) is 3.18. The van der Waals surface area contributed by atoms with Crippen molar-refractivity contribution in [3.63, 3.8) is 0 Å². The highest BCUT2D eigenvalue weighted by molar-refractivity contribution is 7.86. The highest BCUT2D eigenvalue weighted by Crippen LogP contribution is 2.48. The number of hydrogen-bond acceptors (Lipinski definition) is 3. The van der Waals surface area contributed by atoms with Crippen molar-refractivity contribution in [2.75, 3.05) is 26.2 Å². The minimum Gasteiger partial charge on any atom is -0.341 e. The number of rotatable bonds is 3. The molecule has 1 heterocycles. The second kappa shape index (κ2) is 6.18. The molecule has 23 heavy (non-hydrogen) atoms. The van der Waals surface area contributed by atoms with E-state index in [1.165, 1.54) is 16.4 Å². The van der Waals surface area contributed by atoms with Gasteiger partial charge in [-0.2, -0.15) is 12.7 Å². The van der Waals surface area contributed by atoms with Crippen LogP contribution in [-0.4, -0.2) is 49.7 Å². The van der Waals surface area contributed by atoms with E-state index in [1.54, 1.807) is 11.0 Å². The Morgan fingerprint density at radius 2 is 2.00 bits per heavy atom. The number of nitrogens with zero attached hydrogens (tertiary/aromatic N) is 2. The highest BCUT2D eigenvalue weighted by Gasteiger charge is 2.46. The summed E-state index contributed by atoms with van der Waals surface area (Å²) in [6.07, 6.45) is 1.29. The van der Waals surface area contributed by atoms with Crippen molar-refractivity contribution < 1.29 is 17.6 Å². The monoisotopic (exact) mass is 341 g/mol. The Morgan fingerprint density at radius 3 is 2.70 bits per heavy atom. The molecule has 0 bridgehead atoms. The van der Waals surface area contributed by atoms with Crippen LogP contribution in [0.1, 0.15) is 24.3 Å². The molecule has 0 radical (unpaired) electrons. The van der Waals surface area contributed by atoms with Gasteiger partial charge in [-0.25, -0.2) is 9.53 Å². The summed E-state index contributed by atoms with van der Waals surface area (Å²) in [7, 11) is -3.71. The summed E-state index contributed by atoms with van der Waals surface area (Å²) in [6.45, 7) is 1.43. The van der Waals surface area contributed by atoms with Crippen LogP contribution in [-0.2, 0) is 15.0 Å². The molecule has 1 saturated carbocycles. The van der Waals surface area contributed by atoms with Gasteiger partial charge in [0.15, 0.2) is 0 Å². The minimum absolute atomic E-state index is 0.0236. The van der Waals surface area contributed by atoms with E-state index >= 15 is 0 Å². The third-order valence-corrected chi connectivity index (χ3v) is 5.60. The standard InChI is InChI=1S/C15H20FN3O3S/c16-12-4-1-3-11(9-12)13-10-14(13)15(20)18-5-2-6-19(8-7-18)23(17,21)22/h1,3-4,9,13-14H,2,5-8,10H2,(H2,17,21,22). The molecule has 3 rings (SSSR count). The normalized spacial score (nSPS) is 25.9. The molecule has 2 unspecified atom stereocenters. The van der Waals surface area contributed by atoms with Gasteiger partial charge in [0, 0.05) is 32.1 Å². The number of amides is 1. The summed E-state index contributed by atoms with van der Waals surface area (Å²) in [4.78, 5) is 14.3. The Bertz CT molecular complexity index is 710. The van der Waals surface area contributed by atoms with E-state index < -0.39 is 10.2 Å². The van der Waals surface area contributed by atoms with Gasteiger partial charge < -0.3 is 4.90 Å². The molecule has 1 aliphatic carbocycles. The van der Waals surface area contributed by atoms with Crippen LogP contribution in [0.4, 0.5) is 4.39 Å². The Labute approximate surface area is 135 Å². The summed E-state index contributed by atoms with van der Waals surface area (Å²) >= 11 is 0. The summed E-state index contributed by atoms with van der Waals surface area (Å²) in [5.74, 6) is -0.330. The maximum Gasteiger partial charge on any atom is 0.276 e. The lowest BCUT2D eigenvalue weighted by molar-refractivity contribution is -0.132. The van der Waals surface area contributed by atoms with Crippen LogP contribution in [0.25, 0.3) is 0 Å². The summed E-state index contributed by atoms with van der Waals surface area (Å²) in [6, 6.07) is 6.36. The number of hydrogen-bond donors (Lipinski definition) is 1. The fraction of sp³-hybridized carbons (Fsp3) is 0.533. The Balaban J connectivity index is 1.62. The van der Waals surface area contributed by atoms with Crippen molar-refractivity contribution in [2.24, 2.45) is 11.1 Å². The van der Waals surface area contributed by atoms with E-state index in [2.05, 4.69) is 0 Å². The molecule has 2 fully saturated rings. The Kier molecular flexibility index (Phi) is 4.39. The molecule has 126 valence electrons. The summed E-state index contributed by atoms with van der Waals surface area (Å²) < 4.78 is 37.3. The molecular formula is C15H20FN3O3S. The predicted molar refractivity (Wildman–Crippen MR) is 83.1 cm³/mol. The van der Waals surface area contributed by atoms with Gasteiger partial charge in [-0.15, -0.1) is 0 Å². The van der Waals surface area contributed by atoms with Crippen LogP contribution < -0.4 is 5.14 Å². The molecule has 2 aliphatic rings. The number of benzene rings is 1. The number of carbonyl (C=O) groups is 1. The summed E-state index contributed by atoms with van der Waals surface area (Å²) in [5, 5.41) is 5.14. The zero-order valence-corrected chi connectivity index (χ0v) is 13.5. The van der Waals surface area contributed by atoms with Gasteiger partial charge >= 0.3 is 0 Å². The van der Waals surface area contributed by atoms with Gasteiger partial charge in [0.2, 0.25) is 5.91 Å². The maximum absolute atomic E-state index is 13.3. The molecule has 1 aliphatic heterocycles. The molecule has 1 aromatic rings. The lowest BCUT2D eigenvalue weighted by Gasteiger charge is -2.21. The first-order chi connectivity index (χ1) is 10.9. The SMILES string of the molecule is NS(=O)(=O)N1CCCN(C(=O)C2CC2c2cccc(F)c2)CC1. The lowest BCUT2D eigenvalue weighted by Crippen LogP contribution is -2.40. The van der Waals surface area contributed by atoms with Crippen molar-refractivity contribution >= 4 is 16.1 Å². The van der Waals surface area contributed by atoms with Gasteiger partial charge in [0.05, 0.1) is 0 Å². The topological polar surface area (TPSA) is 83.7 Å². The van der Waals surface area contributed by atoms with Gasteiger partial charge in [0.1, 0.15) is 5.82 Å². The quantitative estimate of drug-likeness (QED) is 0.877.